The van der Waals surface area contributed by atoms with Crippen LogP contribution in [0.15, 0.2) is 0 Å². The number of aliphatic hydroxyl groups is 3. The standard InChI is InChI=1S/C7H15O8P/c1-3-5(8)7(10)6(9)4(15-3)2-14-16(11,12)13/h3-10H,2H2,1H3,(H2,11,12,13)/t3-,4+,5+,6+,7+/m0/s1. The molecule has 0 aliphatic carbocycles. The Morgan fingerprint density at radius 1 is 1.19 bits per heavy atom. The van der Waals surface area contributed by atoms with Crippen LogP contribution in [0.4, 0.5) is 0 Å². The predicted molar refractivity (Wildman–Crippen MR) is 50.4 cm³/mol. The lowest BCUT2D eigenvalue weighted by Crippen LogP contribution is -2.57. The van der Waals surface area contributed by atoms with Gasteiger partial charge < -0.3 is 29.8 Å². The van der Waals surface area contributed by atoms with Gasteiger partial charge in [-0.1, -0.05) is 0 Å². The molecule has 1 aliphatic heterocycles. The minimum Gasteiger partial charge on any atom is -0.388 e. The van der Waals surface area contributed by atoms with Gasteiger partial charge in [0, 0.05) is 0 Å². The normalized spacial score (nSPS) is 41.0. The molecule has 0 aromatic heterocycles. The molecule has 0 amide bonds. The van der Waals surface area contributed by atoms with E-state index in [0.29, 0.717) is 0 Å². The van der Waals surface area contributed by atoms with Crippen molar-refractivity contribution in [3.8, 4) is 0 Å². The lowest BCUT2D eigenvalue weighted by molar-refractivity contribution is -0.223. The fraction of sp³-hybridized carbons (Fsp3) is 1.00. The molecule has 1 fully saturated rings. The van der Waals surface area contributed by atoms with E-state index in [1.165, 1.54) is 6.92 Å². The molecule has 5 atom stereocenters. The predicted octanol–water partition coefficient (Wildman–Crippen LogP) is -2.03. The van der Waals surface area contributed by atoms with E-state index in [-0.39, 0.29) is 0 Å². The Bertz CT molecular complexity index is 278. The molecule has 0 radical (unpaired) electrons. The van der Waals surface area contributed by atoms with E-state index in [9.17, 15) is 19.9 Å². The number of rotatable bonds is 3. The van der Waals surface area contributed by atoms with Gasteiger partial charge in [0.05, 0.1) is 12.7 Å². The van der Waals surface area contributed by atoms with Crippen LogP contribution in [-0.4, -0.2) is 62.2 Å². The van der Waals surface area contributed by atoms with Crippen LogP contribution < -0.4 is 0 Å². The van der Waals surface area contributed by atoms with Crippen LogP contribution in [-0.2, 0) is 13.8 Å². The molecular weight excluding hydrogens is 243 g/mol. The molecule has 1 saturated heterocycles. The van der Waals surface area contributed by atoms with Crippen molar-refractivity contribution in [3.05, 3.63) is 0 Å². The van der Waals surface area contributed by atoms with E-state index < -0.39 is 44.9 Å². The maximum absolute atomic E-state index is 10.4. The van der Waals surface area contributed by atoms with Crippen molar-refractivity contribution >= 4 is 7.82 Å². The number of aliphatic hydroxyl groups excluding tert-OH is 3. The van der Waals surface area contributed by atoms with E-state index in [1.807, 2.05) is 0 Å². The maximum atomic E-state index is 10.4. The third kappa shape index (κ3) is 3.47. The number of hydrogen-bond acceptors (Lipinski definition) is 6. The molecule has 16 heavy (non-hydrogen) atoms. The van der Waals surface area contributed by atoms with Crippen molar-refractivity contribution in [2.45, 2.75) is 37.4 Å². The molecule has 1 rings (SSSR count). The molecule has 96 valence electrons. The summed E-state index contributed by atoms with van der Waals surface area (Å²) >= 11 is 0. The second-order valence-electron chi connectivity index (χ2n) is 3.64. The zero-order valence-corrected chi connectivity index (χ0v) is 9.40. The molecular formula is C7H15O8P. The molecule has 1 heterocycles. The first-order valence-corrected chi connectivity index (χ1v) is 6.15. The van der Waals surface area contributed by atoms with Gasteiger partial charge in [-0.2, -0.15) is 0 Å². The first kappa shape index (κ1) is 14.0. The summed E-state index contributed by atoms with van der Waals surface area (Å²) in [4.78, 5) is 16.9. The Hall–Kier alpha value is -0.0500. The summed E-state index contributed by atoms with van der Waals surface area (Å²) in [5, 5.41) is 28.2. The van der Waals surface area contributed by atoms with Crippen LogP contribution in [0, 0.1) is 0 Å². The summed E-state index contributed by atoms with van der Waals surface area (Å²) in [5.41, 5.74) is 0. The second-order valence-corrected chi connectivity index (χ2v) is 4.88. The van der Waals surface area contributed by atoms with E-state index in [1.54, 1.807) is 0 Å². The number of ether oxygens (including phenoxy) is 1. The fourth-order valence-corrected chi connectivity index (χ4v) is 1.79. The first-order chi connectivity index (χ1) is 7.22. The topological polar surface area (TPSA) is 137 Å². The van der Waals surface area contributed by atoms with Crippen molar-refractivity contribution in [1.82, 2.24) is 0 Å². The van der Waals surface area contributed by atoms with E-state index >= 15 is 0 Å². The minimum atomic E-state index is -4.65. The summed E-state index contributed by atoms with van der Waals surface area (Å²) < 4.78 is 19.6. The molecule has 0 unspecified atom stereocenters. The van der Waals surface area contributed by atoms with Gasteiger partial charge in [-0.05, 0) is 6.92 Å². The van der Waals surface area contributed by atoms with Gasteiger partial charge in [0.2, 0.25) is 0 Å². The Morgan fingerprint density at radius 3 is 2.25 bits per heavy atom. The zero-order valence-electron chi connectivity index (χ0n) is 8.50. The lowest BCUT2D eigenvalue weighted by atomic mass is 9.96. The highest BCUT2D eigenvalue weighted by atomic mass is 31.2. The molecule has 0 bridgehead atoms. The third-order valence-corrected chi connectivity index (χ3v) is 2.84. The molecule has 5 N–H and O–H groups in total. The fourth-order valence-electron chi connectivity index (χ4n) is 1.44. The van der Waals surface area contributed by atoms with Gasteiger partial charge in [0.1, 0.15) is 24.4 Å². The monoisotopic (exact) mass is 258 g/mol. The molecule has 0 aromatic rings. The van der Waals surface area contributed by atoms with Gasteiger partial charge in [0.15, 0.2) is 0 Å². The van der Waals surface area contributed by atoms with Crippen molar-refractivity contribution in [1.29, 1.82) is 0 Å². The Labute approximate surface area is 91.7 Å². The highest BCUT2D eigenvalue weighted by molar-refractivity contribution is 7.46. The van der Waals surface area contributed by atoms with Crippen molar-refractivity contribution in [3.63, 3.8) is 0 Å². The van der Waals surface area contributed by atoms with Crippen molar-refractivity contribution < 1.29 is 38.9 Å². The second kappa shape index (κ2) is 5.07. The van der Waals surface area contributed by atoms with E-state index in [2.05, 4.69) is 4.52 Å². The van der Waals surface area contributed by atoms with Crippen LogP contribution in [0.2, 0.25) is 0 Å². The SMILES string of the molecule is C[C@@H]1O[C@H](COP(=O)(O)O)[C@@H](O)[C@H](O)[C@@H]1O. The molecule has 0 spiro atoms. The average Bonchev–Trinajstić information content (AvgIpc) is 2.17. The molecule has 9 heteroatoms. The average molecular weight is 258 g/mol. The summed E-state index contributed by atoms with van der Waals surface area (Å²) in [6, 6.07) is 0. The van der Waals surface area contributed by atoms with Gasteiger partial charge in [-0.15, -0.1) is 0 Å². The molecule has 0 aromatic carbocycles. The molecule has 0 saturated carbocycles. The highest BCUT2D eigenvalue weighted by Gasteiger charge is 2.42. The van der Waals surface area contributed by atoms with E-state index in [4.69, 9.17) is 14.5 Å². The van der Waals surface area contributed by atoms with Crippen LogP contribution in [0.25, 0.3) is 0 Å². The minimum absolute atomic E-state index is 0.570. The van der Waals surface area contributed by atoms with Gasteiger partial charge in [-0.3, -0.25) is 4.52 Å². The zero-order chi connectivity index (χ0) is 12.5. The smallest absolute Gasteiger partial charge is 0.388 e. The highest BCUT2D eigenvalue weighted by Crippen LogP contribution is 2.36. The van der Waals surface area contributed by atoms with Crippen LogP contribution in [0.5, 0.6) is 0 Å². The van der Waals surface area contributed by atoms with Crippen molar-refractivity contribution in [2.24, 2.45) is 0 Å². The summed E-state index contributed by atoms with van der Waals surface area (Å²) in [5.74, 6) is 0. The van der Waals surface area contributed by atoms with Crippen LogP contribution in [0.1, 0.15) is 6.92 Å². The van der Waals surface area contributed by atoms with Crippen LogP contribution in [0.3, 0.4) is 0 Å². The quantitative estimate of drug-likeness (QED) is 0.365. The number of phosphoric ester groups is 1. The van der Waals surface area contributed by atoms with Gasteiger partial charge in [0.25, 0.3) is 0 Å². The molecule has 8 nitrogen and oxygen atoms in total. The Morgan fingerprint density at radius 2 is 1.75 bits per heavy atom. The van der Waals surface area contributed by atoms with Gasteiger partial charge >= 0.3 is 7.82 Å². The third-order valence-electron chi connectivity index (χ3n) is 2.36. The maximum Gasteiger partial charge on any atom is 0.469 e. The van der Waals surface area contributed by atoms with Crippen molar-refractivity contribution in [2.75, 3.05) is 6.61 Å². The van der Waals surface area contributed by atoms with Crippen LogP contribution >= 0.6 is 7.82 Å². The first-order valence-electron chi connectivity index (χ1n) is 4.62. The number of phosphoric acid groups is 1. The molecule has 1 aliphatic rings. The van der Waals surface area contributed by atoms with E-state index in [0.717, 1.165) is 0 Å². The summed E-state index contributed by atoms with van der Waals surface area (Å²) in [6.07, 6.45) is -6.00. The summed E-state index contributed by atoms with van der Waals surface area (Å²) in [7, 11) is -4.65. The Kier molecular flexibility index (Phi) is 4.44. The largest absolute Gasteiger partial charge is 0.469 e. The lowest BCUT2D eigenvalue weighted by Gasteiger charge is -2.39. The van der Waals surface area contributed by atoms with Gasteiger partial charge in [-0.25, -0.2) is 4.57 Å². The number of hydrogen-bond donors (Lipinski definition) is 5. The Balaban J connectivity index is 2.57. The summed E-state index contributed by atoms with van der Waals surface area (Å²) in [6.45, 7) is 0.893.